The highest BCUT2D eigenvalue weighted by atomic mass is 32.3. The van der Waals surface area contributed by atoms with Crippen molar-refractivity contribution in [3.05, 3.63) is 71.6 Å². The maximum atomic E-state index is 8.74. The van der Waals surface area contributed by atoms with Gasteiger partial charge in [0.05, 0.1) is 5.69 Å². The minimum absolute atomic E-state index is 1.01. The summed E-state index contributed by atoms with van der Waals surface area (Å²) >= 11 is 0. The lowest BCUT2D eigenvalue weighted by Crippen LogP contribution is -2.19. The van der Waals surface area contributed by atoms with Crippen molar-refractivity contribution in [2.45, 2.75) is 19.8 Å². The molecule has 2 heterocycles. The number of aryl methyl sites for hydroxylation is 1. The summed E-state index contributed by atoms with van der Waals surface area (Å²) in [5, 5.41) is 0. The van der Waals surface area contributed by atoms with E-state index in [0.29, 0.717) is 0 Å². The van der Waals surface area contributed by atoms with Crippen LogP contribution in [-0.2, 0) is 10.4 Å². The Kier molecular flexibility index (Phi) is 7.47. The molecular weight excluding hydrogens is 352 g/mol. The second-order valence-corrected chi connectivity index (χ2v) is 7.05. The van der Waals surface area contributed by atoms with Crippen LogP contribution >= 0.6 is 0 Å². The lowest BCUT2D eigenvalue weighted by Gasteiger charge is -2.14. The van der Waals surface area contributed by atoms with Crippen molar-refractivity contribution < 1.29 is 17.5 Å². The van der Waals surface area contributed by atoms with Crippen LogP contribution in [-0.4, -0.2) is 47.0 Å². The molecule has 6 nitrogen and oxygen atoms in total. The van der Waals surface area contributed by atoms with E-state index in [9.17, 15) is 0 Å². The third-order valence-electron chi connectivity index (χ3n) is 4.06. The molecule has 1 aliphatic heterocycles. The molecule has 0 saturated carbocycles. The Balaban J connectivity index is 0.000000431. The summed E-state index contributed by atoms with van der Waals surface area (Å²) < 4.78 is 31.6. The predicted octanol–water partition coefficient (Wildman–Crippen LogP) is 3.26. The van der Waals surface area contributed by atoms with Crippen LogP contribution in [0.3, 0.4) is 0 Å². The molecule has 0 radical (unpaired) electrons. The number of hydrogen-bond donors (Lipinski definition) is 2. The second-order valence-electron chi connectivity index (χ2n) is 6.15. The van der Waals surface area contributed by atoms with E-state index < -0.39 is 10.4 Å². The van der Waals surface area contributed by atoms with Crippen LogP contribution in [0.1, 0.15) is 29.7 Å². The Morgan fingerprint density at radius 3 is 2.27 bits per heavy atom. The molecule has 7 heteroatoms. The zero-order valence-corrected chi connectivity index (χ0v) is 15.6. The minimum atomic E-state index is -4.67. The van der Waals surface area contributed by atoms with E-state index in [2.05, 4.69) is 59.3 Å². The molecule has 1 aliphatic rings. The molecule has 26 heavy (non-hydrogen) atoms. The maximum Gasteiger partial charge on any atom is 0.394 e. The fraction of sp³-hybridized carbons (Fsp3) is 0.316. The molecule has 0 aliphatic carbocycles. The number of hydrogen-bond acceptors (Lipinski definition) is 4. The van der Waals surface area contributed by atoms with Gasteiger partial charge in [0, 0.05) is 18.3 Å². The molecule has 1 aromatic carbocycles. The summed E-state index contributed by atoms with van der Waals surface area (Å²) in [6.45, 7) is 5.58. The van der Waals surface area contributed by atoms with Crippen molar-refractivity contribution in [2.75, 3.05) is 19.6 Å². The van der Waals surface area contributed by atoms with Gasteiger partial charge in [-0.3, -0.25) is 19.0 Å². The van der Waals surface area contributed by atoms with E-state index in [4.69, 9.17) is 17.5 Å². The summed E-state index contributed by atoms with van der Waals surface area (Å²) in [7, 11) is -4.67. The van der Waals surface area contributed by atoms with Gasteiger partial charge < -0.3 is 0 Å². The van der Waals surface area contributed by atoms with E-state index in [0.717, 1.165) is 12.2 Å². The monoisotopic (exact) mass is 376 g/mol. The molecular formula is C19H24N2O4S. The van der Waals surface area contributed by atoms with Crippen LogP contribution in [0.15, 0.2) is 54.7 Å². The second kappa shape index (κ2) is 9.59. The largest absolute Gasteiger partial charge is 0.394 e. The number of nitrogens with zero attached hydrogens (tertiary/aromatic N) is 2. The normalized spacial score (nSPS) is 15.4. The molecule has 1 aromatic heterocycles. The number of rotatable bonds is 4. The molecule has 3 rings (SSSR count). The van der Waals surface area contributed by atoms with Gasteiger partial charge in [-0.15, -0.1) is 0 Å². The summed E-state index contributed by atoms with van der Waals surface area (Å²) in [6.07, 6.45) is 6.86. The van der Waals surface area contributed by atoms with Gasteiger partial charge in [0.25, 0.3) is 0 Å². The van der Waals surface area contributed by atoms with Crippen molar-refractivity contribution >= 4 is 16.0 Å². The molecule has 1 fully saturated rings. The quantitative estimate of drug-likeness (QED) is 0.796. The SMILES string of the molecule is Cc1ccc(/C(=C\CN2CCCC2)c2ccccn2)cc1.O=S(=O)(O)O. The van der Waals surface area contributed by atoms with Gasteiger partial charge in [-0.2, -0.15) is 8.42 Å². The first-order valence-electron chi connectivity index (χ1n) is 8.44. The molecule has 0 atom stereocenters. The molecule has 1 saturated heterocycles. The van der Waals surface area contributed by atoms with Crippen LogP contribution in [0, 0.1) is 6.92 Å². The van der Waals surface area contributed by atoms with Gasteiger partial charge >= 0.3 is 10.4 Å². The number of aromatic nitrogens is 1. The van der Waals surface area contributed by atoms with Gasteiger partial charge in [-0.1, -0.05) is 42.0 Å². The van der Waals surface area contributed by atoms with Crippen LogP contribution in [0.4, 0.5) is 0 Å². The lowest BCUT2D eigenvalue weighted by atomic mass is 10.0. The smallest absolute Gasteiger partial charge is 0.300 e. The van der Waals surface area contributed by atoms with E-state index in [1.165, 1.54) is 42.6 Å². The topological polar surface area (TPSA) is 90.7 Å². The van der Waals surface area contributed by atoms with Gasteiger partial charge in [0.15, 0.2) is 0 Å². The van der Waals surface area contributed by atoms with Gasteiger partial charge in [0.1, 0.15) is 0 Å². The fourth-order valence-electron chi connectivity index (χ4n) is 2.81. The molecule has 0 bridgehead atoms. The van der Waals surface area contributed by atoms with Crippen molar-refractivity contribution in [3.63, 3.8) is 0 Å². The third-order valence-corrected chi connectivity index (χ3v) is 4.06. The van der Waals surface area contributed by atoms with Gasteiger partial charge in [-0.25, -0.2) is 0 Å². The number of likely N-dealkylation sites (tertiary alicyclic amines) is 1. The first kappa shape index (κ1) is 20.3. The Morgan fingerprint density at radius 1 is 1.12 bits per heavy atom. The van der Waals surface area contributed by atoms with Crippen LogP contribution in [0.25, 0.3) is 5.57 Å². The third kappa shape index (κ3) is 7.45. The number of benzene rings is 1. The van der Waals surface area contributed by atoms with Crippen molar-refractivity contribution in [2.24, 2.45) is 0 Å². The van der Waals surface area contributed by atoms with Gasteiger partial charge in [0.2, 0.25) is 0 Å². The van der Waals surface area contributed by atoms with Crippen molar-refractivity contribution in [1.82, 2.24) is 9.88 Å². The van der Waals surface area contributed by atoms with E-state index in [-0.39, 0.29) is 0 Å². The predicted molar refractivity (Wildman–Crippen MR) is 102 cm³/mol. The zero-order valence-electron chi connectivity index (χ0n) is 14.7. The maximum absolute atomic E-state index is 8.74. The van der Waals surface area contributed by atoms with Crippen LogP contribution < -0.4 is 0 Å². The Bertz CT molecular complexity index is 804. The average molecular weight is 376 g/mol. The van der Waals surface area contributed by atoms with Crippen molar-refractivity contribution in [1.29, 1.82) is 0 Å². The fourth-order valence-corrected chi connectivity index (χ4v) is 2.81. The van der Waals surface area contributed by atoms with E-state index >= 15 is 0 Å². The first-order chi connectivity index (χ1) is 12.3. The summed E-state index contributed by atoms with van der Waals surface area (Å²) in [6, 6.07) is 14.8. The van der Waals surface area contributed by atoms with Crippen LogP contribution in [0.5, 0.6) is 0 Å². The minimum Gasteiger partial charge on any atom is -0.300 e. The highest BCUT2D eigenvalue weighted by Crippen LogP contribution is 2.22. The lowest BCUT2D eigenvalue weighted by molar-refractivity contribution is 0.377. The molecule has 0 spiro atoms. The van der Waals surface area contributed by atoms with Crippen molar-refractivity contribution in [3.8, 4) is 0 Å². The van der Waals surface area contributed by atoms with Crippen LogP contribution in [0.2, 0.25) is 0 Å². The Labute approximate surface area is 154 Å². The van der Waals surface area contributed by atoms with Gasteiger partial charge in [-0.05, 0) is 50.6 Å². The Hall–Kier alpha value is -2.06. The molecule has 140 valence electrons. The standard InChI is InChI=1S/C19H22N2.H2O4S/c1-16-7-9-17(10-8-16)18(19-6-2-3-12-20-19)11-15-21-13-4-5-14-21;1-5(2,3)4/h2-3,6-12H,4-5,13-15H2,1H3;(H2,1,2,3,4)/b18-11+;. The Morgan fingerprint density at radius 2 is 1.73 bits per heavy atom. The zero-order chi connectivity index (χ0) is 19.0. The average Bonchev–Trinajstić information content (AvgIpc) is 3.10. The summed E-state index contributed by atoms with van der Waals surface area (Å²) in [5.74, 6) is 0. The molecule has 2 N–H and O–H groups in total. The highest BCUT2D eigenvalue weighted by Gasteiger charge is 2.11. The molecule has 2 aromatic rings. The molecule has 0 unspecified atom stereocenters. The molecule has 0 amide bonds. The summed E-state index contributed by atoms with van der Waals surface area (Å²) in [4.78, 5) is 7.05. The highest BCUT2D eigenvalue weighted by molar-refractivity contribution is 7.79. The van der Waals surface area contributed by atoms with E-state index in [1.807, 2.05) is 12.3 Å². The van der Waals surface area contributed by atoms with E-state index in [1.54, 1.807) is 0 Å². The summed E-state index contributed by atoms with van der Waals surface area (Å²) in [5.41, 5.74) is 4.83. The first-order valence-corrected chi connectivity index (χ1v) is 9.83. The number of pyridine rings is 1.